The highest BCUT2D eigenvalue weighted by molar-refractivity contribution is 6.12. The van der Waals surface area contributed by atoms with Gasteiger partial charge >= 0.3 is 0 Å². The summed E-state index contributed by atoms with van der Waals surface area (Å²) in [4.78, 5) is 0. The third-order valence-electron chi connectivity index (χ3n) is 4.52. The van der Waals surface area contributed by atoms with Gasteiger partial charge in [0.25, 0.3) is 0 Å². The third-order valence-corrected chi connectivity index (χ3v) is 4.52. The summed E-state index contributed by atoms with van der Waals surface area (Å²) in [5.74, 6) is 0. The van der Waals surface area contributed by atoms with Crippen molar-refractivity contribution in [2.24, 2.45) is 5.10 Å². The van der Waals surface area contributed by atoms with E-state index in [1.54, 1.807) is 6.08 Å². The number of allylic oxidation sites excluding steroid dienone is 6. The average Bonchev–Trinajstić information content (AvgIpc) is 2.74. The molecular formula is C27H37N3. The maximum absolute atomic E-state index is 4.36. The lowest BCUT2D eigenvalue weighted by atomic mass is 10.0. The van der Waals surface area contributed by atoms with Crippen LogP contribution in [-0.4, -0.2) is 5.71 Å². The lowest BCUT2D eigenvalue weighted by molar-refractivity contribution is 0.772. The molecule has 160 valence electrons. The molecule has 2 rings (SSSR count). The molecule has 1 aliphatic heterocycles. The van der Waals surface area contributed by atoms with Gasteiger partial charge < -0.3 is 5.32 Å². The average molecular weight is 404 g/mol. The minimum Gasteiger partial charge on any atom is -0.381 e. The van der Waals surface area contributed by atoms with Crippen LogP contribution in [0.5, 0.6) is 0 Å². The first-order valence-corrected chi connectivity index (χ1v) is 10.7. The zero-order chi connectivity index (χ0) is 22.4. The van der Waals surface area contributed by atoms with Crippen LogP contribution in [0.3, 0.4) is 0 Å². The number of hydrazone groups is 1. The van der Waals surface area contributed by atoms with Crippen molar-refractivity contribution in [3.63, 3.8) is 0 Å². The van der Waals surface area contributed by atoms with Gasteiger partial charge in [0.05, 0.1) is 11.4 Å². The molecule has 2 N–H and O–H groups in total. The van der Waals surface area contributed by atoms with Gasteiger partial charge in [-0.2, -0.15) is 5.10 Å². The molecule has 1 aliphatic rings. The second-order valence-corrected chi connectivity index (χ2v) is 7.17. The van der Waals surface area contributed by atoms with Crippen molar-refractivity contribution in [2.45, 2.75) is 53.5 Å². The summed E-state index contributed by atoms with van der Waals surface area (Å²) in [6.07, 6.45) is 13.7. The molecule has 0 spiro atoms. The number of nitrogens with zero attached hydrogens (tertiary/aromatic N) is 1. The minimum atomic E-state index is 0.709. The van der Waals surface area contributed by atoms with Gasteiger partial charge in [-0.15, -0.1) is 0 Å². The number of benzene rings is 1. The number of hydrogen-bond donors (Lipinski definition) is 2. The normalized spacial score (nSPS) is 13.6. The molecule has 0 saturated heterocycles. The Morgan fingerprint density at radius 2 is 1.83 bits per heavy atom. The predicted octanol–water partition coefficient (Wildman–Crippen LogP) is 6.88. The second-order valence-electron chi connectivity index (χ2n) is 7.17. The fraction of sp³-hybridized carbons (Fsp3) is 0.296. The van der Waals surface area contributed by atoms with Gasteiger partial charge in [0.2, 0.25) is 0 Å². The number of unbranched alkanes of at least 4 members (excludes halogenated alkanes) is 2. The van der Waals surface area contributed by atoms with E-state index in [1.165, 1.54) is 30.4 Å². The number of nitrogens with one attached hydrogen (secondary N) is 2. The van der Waals surface area contributed by atoms with Gasteiger partial charge in [0.15, 0.2) is 0 Å². The maximum atomic E-state index is 4.36. The molecule has 0 unspecified atom stereocenters. The van der Waals surface area contributed by atoms with E-state index in [1.807, 2.05) is 31.2 Å². The van der Waals surface area contributed by atoms with Gasteiger partial charge in [-0.05, 0) is 25.5 Å². The first-order chi connectivity index (χ1) is 14.5. The number of rotatable bonds is 9. The van der Waals surface area contributed by atoms with Crippen molar-refractivity contribution in [2.75, 3.05) is 0 Å². The summed E-state index contributed by atoms with van der Waals surface area (Å²) >= 11 is 0. The van der Waals surface area contributed by atoms with E-state index in [9.17, 15) is 0 Å². The molecule has 0 saturated carbocycles. The highest BCUT2D eigenvalue weighted by atomic mass is 15.3. The van der Waals surface area contributed by atoms with Crippen LogP contribution >= 0.6 is 0 Å². The van der Waals surface area contributed by atoms with E-state index in [4.69, 9.17) is 0 Å². The Hall–Kier alpha value is -3.07. The molecule has 0 aliphatic carbocycles. The first kappa shape index (κ1) is 25.0. The molecule has 0 bridgehead atoms. The molecule has 3 nitrogen and oxygen atoms in total. The van der Waals surface area contributed by atoms with Crippen molar-refractivity contribution in [1.82, 2.24) is 10.7 Å². The lowest BCUT2D eigenvalue weighted by Crippen LogP contribution is -2.23. The van der Waals surface area contributed by atoms with Crippen LogP contribution < -0.4 is 10.7 Å². The molecule has 30 heavy (non-hydrogen) atoms. The summed E-state index contributed by atoms with van der Waals surface area (Å²) in [5.41, 5.74) is 9.68. The zero-order valence-electron chi connectivity index (χ0n) is 19.1. The monoisotopic (exact) mass is 403 g/mol. The molecule has 0 radical (unpaired) electrons. The van der Waals surface area contributed by atoms with Gasteiger partial charge in [0.1, 0.15) is 0 Å². The maximum Gasteiger partial charge on any atom is 0.0913 e. The number of aryl methyl sites for hydroxylation is 1. The molecular weight excluding hydrogens is 366 g/mol. The smallest absolute Gasteiger partial charge is 0.0913 e. The van der Waals surface area contributed by atoms with Crippen LogP contribution in [0, 0.1) is 6.92 Å². The Morgan fingerprint density at radius 3 is 2.37 bits per heavy atom. The topological polar surface area (TPSA) is 36.4 Å². The Bertz CT molecular complexity index is 831. The molecule has 1 heterocycles. The third kappa shape index (κ3) is 8.52. The Kier molecular flexibility index (Phi) is 11.7. The second kappa shape index (κ2) is 14.0. The highest BCUT2D eigenvalue weighted by Gasteiger charge is 2.14. The summed E-state index contributed by atoms with van der Waals surface area (Å²) in [7, 11) is 0. The summed E-state index contributed by atoms with van der Waals surface area (Å²) in [5, 5.41) is 7.73. The molecule has 3 heteroatoms. The van der Waals surface area contributed by atoms with Crippen molar-refractivity contribution >= 4 is 5.71 Å². The fourth-order valence-corrected chi connectivity index (χ4v) is 2.76. The van der Waals surface area contributed by atoms with Crippen molar-refractivity contribution in [3.05, 3.63) is 108 Å². The Morgan fingerprint density at radius 1 is 1.17 bits per heavy atom. The Balaban J connectivity index is 0.000000804. The van der Waals surface area contributed by atoms with Crippen LogP contribution in [-0.2, 0) is 6.54 Å². The van der Waals surface area contributed by atoms with Gasteiger partial charge in [-0.1, -0.05) is 107 Å². The molecule has 0 amide bonds. The van der Waals surface area contributed by atoms with Crippen LogP contribution in [0.4, 0.5) is 0 Å². The van der Waals surface area contributed by atoms with E-state index in [0.29, 0.717) is 6.54 Å². The fourth-order valence-electron chi connectivity index (χ4n) is 2.76. The first-order valence-electron chi connectivity index (χ1n) is 10.7. The molecule has 0 aromatic heterocycles. The molecule has 1 aromatic carbocycles. The van der Waals surface area contributed by atoms with Crippen LogP contribution in [0.25, 0.3) is 0 Å². The van der Waals surface area contributed by atoms with E-state index in [-0.39, 0.29) is 0 Å². The van der Waals surface area contributed by atoms with E-state index >= 15 is 0 Å². The zero-order valence-corrected chi connectivity index (χ0v) is 19.1. The lowest BCUT2D eigenvalue weighted by Gasteiger charge is -2.20. The standard InChI is InChI=1S/C22H25N3.C5H12/c1-6-8-20(9-7-2)22-14-21(18(5)24-25-22)17(4)23-15-19-12-10-16(3)11-13-19;1-3-5-4-2/h6-14,23-24H,1,4-5,15H2,2-3H3;3-5H2,1-2H3/b9-7-,20-8+;. The van der Waals surface area contributed by atoms with E-state index < -0.39 is 0 Å². The summed E-state index contributed by atoms with van der Waals surface area (Å²) in [6.45, 7) is 21.1. The van der Waals surface area contributed by atoms with Crippen molar-refractivity contribution < 1.29 is 0 Å². The quantitative estimate of drug-likeness (QED) is 0.441. The SMILES string of the molecule is C=C/C=C(\C=C/C)C1=NNC(=C)C(C(=C)NCc2ccc(C)cc2)=C1.CCCCC. The highest BCUT2D eigenvalue weighted by Crippen LogP contribution is 2.19. The molecule has 1 aromatic rings. The van der Waals surface area contributed by atoms with Gasteiger partial charge in [-0.25, -0.2) is 0 Å². The van der Waals surface area contributed by atoms with Crippen LogP contribution in [0.1, 0.15) is 51.2 Å². The van der Waals surface area contributed by atoms with Crippen molar-refractivity contribution in [3.8, 4) is 0 Å². The van der Waals surface area contributed by atoms with Crippen molar-refractivity contribution in [1.29, 1.82) is 0 Å². The Labute approximate surface area is 183 Å². The number of hydrogen-bond acceptors (Lipinski definition) is 3. The van der Waals surface area contributed by atoms with E-state index in [0.717, 1.165) is 28.3 Å². The van der Waals surface area contributed by atoms with Gasteiger partial charge in [0, 0.05) is 23.4 Å². The summed E-state index contributed by atoms with van der Waals surface area (Å²) < 4.78 is 0. The van der Waals surface area contributed by atoms with Gasteiger partial charge in [-0.3, -0.25) is 5.43 Å². The minimum absolute atomic E-state index is 0.709. The largest absolute Gasteiger partial charge is 0.381 e. The predicted molar refractivity (Wildman–Crippen MR) is 133 cm³/mol. The molecule has 0 atom stereocenters. The molecule has 0 fully saturated rings. The summed E-state index contributed by atoms with van der Waals surface area (Å²) in [6, 6.07) is 8.44. The van der Waals surface area contributed by atoms with E-state index in [2.05, 4.69) is 80.6 Å². The van der Waals surface area contributed by atoms with Crippen LogP contribution in [0.15, 0.2) is 102 Å². The van der Waals surface area contributed by atoms with Crippen LogP contribution in [0.2, 0.25) is 0 Å².